The largest absolute Gasteiger partial charge is 0.383 e. The molecule has 7 nitrogen and oxygen atoms in total. The van der Waals surface area contributed by atoms with Gasteiger partial charge in [-0.15, -0.1) is 5.10 Å². The van der Waals surface area contributed by atoms with Gasteiger partial charge in [-0.25, -0.2) is 9.07 Å². The molecule has 0 bridgehead atoms. The number of para-hydroxylation sites is 1. The molecule has 0 radical (unpaired) electrons. The van der Waals surface area contributed by atoms with Gasteiger partial charge in [-0.2, -0.15) is 0 Å². The molecule has 1 aromatic heterocycles. The Balaban J connectivity index is 1.69. The lowest BCUT2D eigenvalue weighted by atomic mass is 10.1. The van der Waals surface area contributed by atoms with Crippen LogP contribution in [0.2, 0.25) is 0 Å². The molecule has 0 aliphatic carbocycles. The molecule has 3 rings (SSSR count). The first kappa shape index (κ1) is 18.7. The summed E-state index contributed by atoms with van der Waals surface area (Å²) in [5.41, 5.74) is 0.698. The summed E-state index contributed by atoms with van der Waals surface area (Å²) in [6, 6.07) is 7.27. The van der Waals surface area contributed by atoms with Crippen molar-refractivity contribution in [2.45, 2.75) is 32.4 Å². The molecule has 142 valence electrons. The number of methoxy groups -OCH3 is 1. The van der Waals surface area contributed by atoms with E-state index in [1.165, 1.54) is 11.0 Å². The first-order chi connectivity index (χ1) is 12.7. The van der Waals surface area contributed by atoms with Crippen LogP contribution >= 0.6 is 0 Å². The summed E-state index contributed by atoms with van der Waals surface area (Å²) >= 11 is 0. The molecule has 2 heterocycles. The number of benzene rings is 1. The van der Waals surface area contributed by atoms with Gasteiger partial charge in [0, 0.05) is 13.5 Å². The molecule has 2 aromatic rings. The molecule has 1 saturated heterocycles. The van der Waals surface area contributed by atoms with Gasteiger partial charge in [0.2, 0.25) is 5.82 Å². The minimum atomic E-state index is -0.149. The first-order valence-electron chi connectivity index (χ1n) is 9.33. The zero-order valence-corrected chi connectivity index (χ0v) is 15.6. The van der Waals surface area contributed by atoms with Gasteiger partial charge in [-0.1, -0.05) is 25.5 Å². The van der Waals surface area contributed by atoms with Gasteiger partial charge in [0.25, 0.3) is 0 Å². The lowest BCUT2D eigenvalue weighted by Gasteiger charge is -2.37. The van der Waals surface area contributed by atoms with Gasteiger partial charge in [0.15, 0.2) is 0 Å². The van der Waals surface area contributed by atoms with Crippen molar-refractivity contribution < 1.29 is 14.0 Å². The quantitative estimate of drug-likeness (QED) is 0.748. The number of aromatic nitrogens is 4. The number of quaternary nitrogens is 1. The lowest BCUT2D eigenvalue weighted by Crippen LogP contribution is -3.15. The topological polar surface area (TPSA) is 60.5 Å². The molecule has 0 saturated carbocycles. The van der Waals surface area contributed by atoms with Crippen molar-refractivity contribution in [3.63, 3.8) is 0 Å². The highest BCUT2D eigenvalue weighted by Crippen LogP contribution is 2.19. The van der Waals surface area contributed by atoms with Crippen molar-refractivity contribution in [3.8, 4) is 0 Å². The fraction of sp³-hybridized carbons (Fsp3) is 0.611. The Kier molecular flexibility index (Phi) is 6.51. The number of ether oxygens (including phenoxy) is 1. The van der Waals surface area contributed by atoms with E-state index in [2.05, 4.69) is 27.3 Å². The van der Waals surface area contributed by atoms with Crippen LogP contribution in [-0.2, 0) is 11.3 Å². The summed E-state index contributed by atoms with van der Waals surface area (Å²) in [4.78, 5) is 3.60. The number of rotatable bonds is 8. The predicted octanol–water partition coefficient (Wildman–Crippen LogP) is 0.705. The fourth-order valence-corrected chi connectivity index (χ4v) is 3.69. The van der Waals surface area contributed by atoms with Gasteiger partial charge >= 0.3 is 0 Å². The molecule has 0 unspecified atom stereocenters. The van der Waals surface area contributed by atoms with Crippen molar-refractivity contribution in [2.24, 2.45) is 0 Å². The molecule has 1 aliphatic rings. The van der Waals surface area contributed by atoms with Gasteiger partial charge in [-0.05, 0) is 22.6 Å². The Bertz CT molecular complexity index is 686. The average Bonchev–Trinajstić information content (AvgIpc) is 3.13. The number of tetrazole rings is 1. The Morgan fingerprint density at radius 2 is 2.04 bits per heavy atom. The number of halogens is 1. The van der Waals surface area contributed by atoms with E-state index in [1.807, 2.05) is 16.8 Å². The van der Waals surface area contributed by atoms with Crippen molar-refractivity contribution in [3.05, 3.63) is 35.9 Å². The van der Waals surface area contributed by atoms with E-state index in [-0.39, 0.29) is 11.9 Å². The fourth-order valence-electron chi connectivity index (χ4n) is 3.69. The molecule has 0 spiro atoms. The van der Waals surface area contributed by atoms with Gasteiger partial charge in [0.05, 0.1) is 45.0 Å². The van der Waals surface area contributed by atoms with Crippen LogP contribution in [0.15, 0.2) is 24.3 Å². The van der Waals surface area contributed by atoms with Crippen molar-refractivity contribution in [1.29, 1.82) is 0 Å². The molecule has 1 aliphatic heterocycles. The van der Waals surface area contributed by atoms with E-state index in [0.717, 1.165) is 44.8 Å². The zero-order chi connectivity index (χ0) is 18.4. The van der Waals surface area contributed by atoms with Crippen LogP contribution in [-0.4, -0.2) is 60.1 Å². The molecular formula is C18H28FN6O+. The Morgan fingerprint density at radius 3 is 2.73 bits per heavy atom. The number of hydrogen-bond acceptors (Lipinski definition) is 5. The maximum Gasteiger partial charge on any atom is 0.209 e. The summed E-state index contributed by atoms with van der Waals surface area (Å²) in [5, 5.41) is 12.3. The normalized spacial score (nSPS) is 16.8. The van der Waals surface area contributed by atoms with Crippen LogP contribution in [0.3, 0.4) is 0 Å². The van der Waals surface area contributed by atoms with E-state index >= 15 is 0 Å². The third-order valence-corrected chi connectivity index (χ3v) is 5.05. The van der Waals surface area contributed by atoms with E-state index < -0.39 is 0 Å². The minimum Gasteiger partial charge on any atom is -0.383 e. The van der Waals surface area contributed by atoms with E-state index in [9.17, 15) is 4.39 Å². The second-order valence-corrected chi connectivity index (χ2v) is 6.69. The smallest absolute Gasteiger partial charge is 0.209 e. The van der Waals surface area contributed by atoms with Gasteiger partial charge < -0.3 is 14.5 Å². The summed E-state index contributed by atoms with van der Waals surface area (Å²) in [6.07, 6.45) is 2.10. The molecule has 1 aromatic carbocycles. The number of nitrogens with one attached hydrogen (secondary N) is 1. The Labute approximate surface area is 153 Å². The van der Waals surface area contributed by atoms with E-state index in [1.54, 1.807) is 13.2 Å². The van der Waals surface area contributed by atoms with Crippen LogP contribution in [0.25, 0.3) is 0 Å². The van der Waals surface area contributed by atoms with Gasteiger partial charge in [-0.3, -0.25) is 0 Å². The second kappa shape index (κ2) is 9.05. The Morgan fingerprint density at radius 1 is 1.27 bits per heavy atom. The SMILES string of the molecule is CCC[C@H](c1nnnn1CCOC)[NH+]1CCN(c2ccccc2F)CC1. The van der Waals surface area contributed by atoms with E-state index in [4.69, 9.17) is 4.74 Å². The van der Waals surface area contributed by atoms with Gasteiger partial charge in [0.1, 0.15) is 11.9 Å². The van der Waals surface area contributed by atoms with Crippen molar-refractivity contribution in [2.75, 3.05) is 44.8 Å². The molecule has 0 amide bonds. The highest BCUT2D eigenvalue weighted by molar-refractivity contribution is 5.47. The molecular weight excluding hydrogens is 335 g/mol. The zero-order valence-electron chi connectivity index (χ0n) is 15.6. The maximum absolute atomic E-state index is 14.1. The lowest BCUT2D eigenvalue weighted by molar-refractivity contribution is -0.933. The molecule has 8 heteroatoms. The standard InChI is InChI=1S/C18H27FN6O/c1-3-6-17(18-20-21-22-25(18)13-14-26-2)24-11-9-23(10-12-24)16-8-5-4-7-15(16)19/h4-5,7-8,17H,3,6,9-14H2,1-2H3/p+1/t17-/m1/s1. The monoisotopic (exact) mass is 363 g/mol. The number of anilines is 1. The number of nitrogens with zero attached hydrogens (tertiary/aromatic N) is 5. The molecule has 26 heavy (non-hydrogen) atoms. The summed E-state index contributed by atoms with van der Waals surface area (Å²) in [5.74, 6) is 0.780. The number of piperazine rings is 1. The predicted molar refractivity (Wildman–Crippen MR) is 96.7 cm³/mol. The van der Waals surface area contributed by atoms with Crippen molar-refractivity contribution in [1.82, 2.24) is 20.2 Å². The highest BCUT2D eigenvalue weighted by atomic mass is 19.1. The third kappa shape index (κ3) is 4.19. The Hall–Kier alpha value is -2.06. The summed E-state index contributed by atoms with van der Waals surface area (Å²) in [7, 11) is 1.68. The molecule has 1 atom stereocenters. The second-order valence-electron chi connectivity index (χ2n) is 6.69. The van der Waals surface area contributed by atoms with Crippen molar-refractivity contribution >= 4 is 5.69 Å². The van der Waals surface area contributed by atoms with E-state index in [0.29, 0.717) is 18.8 Å². The van der Waals surface area contributed by atoms with Crippen LogP contribution in [0, 0.1) is 5.82 Å². The minimum absolute atomic E-state index is 0.149. The molecule has 1 N–H and O–H groups in total. The van der Waals surface area contributed by atoms with Crippen LogP contribution in [0.4, 0.5) is 10.1 Å². The molecule has 1 fully saturated rings. The van der Waals surface area contributed by atoms with Crippen LogP contribution in [0.1, 0.15) is 31.6 Å². The summed E-state index contributed by atoms with van der Waals surface area (Å²) in [6.45, 7) is 6.98. The third-order valence-electron chi connectivity index (χ3n) is 5.05. The summed E-state index contributed by atoms with van der Waals surface area (Å²) < 4.78 is 21.1. The van der Waals surface area contributed by atoms with Crippen LogP contribution in [0.5, 0.6) is 0 Å². The number of hydrogen-bond donors (Lipinski definition) is 1. The van der Waals surface area contributed by atoms with Crippen LogP contribution < -0.4 is 9.80 Å². The average molecular weight is 363 g/mol. The first-order valence-corrected chi connectivity index (χ1v) is 9.33. The highest BCUT2D eigenvalue weighted by Gasteiger charge is 2.32. The maximum atomic E-state index is 14.1.